The fraction of sp³-hybridized carbons (Fsp3) is 0.348. The number of piperidine rings is 1. The van der Waals surface area contributed by atoms with Gasteiger partial charge >= 0.3 is 0 Å². The molecule has 0 N–H and O–H groups in total. The van der Waals surface area contributed by atoms with Gasteiger partial charge in [-0.3, -0.25) is 9.36 Å². The first-order valence-electron chi connectivity index (χ1n) is 10.1. The van der Waals surface area contributed by atoms with Gasteiger partial charge in [0.1, 0.15) is 17.5 Å². The molecule has 6 heteroatoms. The van der Waals surface area contributed by atoms with E-state index in [1.165, 1.54) is 12.1 Å². The van der Waals surface area contributed by atoms with Crippen molar-refractivity contribution in [2.45, 2.75) is 38.5 Å². The van der Waals surface area contributed by atoms with Crippen LogP contribution in [0.4, 0.5) is 4.39 Å². The molecule has 150 valence electrons. The monoisotopic (exact) mass is 392 g/mol. The third-order valence-electron chi connectivity index (χ3n) is 5.41. The number of amides is 1. The summed E-state index contributed by atoms with van der Waals surface area (Å²) in [5, 5.41) is 0. The summed E-state index contributed by atoms with van der Waals surface area (Å²) in [4.78, 5) is 24.0. The Morgan fingerprint density at radius 3 is 2.72 bits per heavy atom. The average molecular weight is 392 g/mol. The minimum Gasteiger partial charge on any atom is -0.338 e. The number of nitrogens with zero attached hydrogens (tertiary/aromatic N) is 4. The van der Waals surface area contributed by atoms with Crippen LogP contribution < -0.4 is 0 Å². The normalized spacial score (nSPS) is 17.0. The number of likely N-dealkylation sites (tertiary alicyclic amines) is 1. The van der Waals surface area contributed by atoms with Crippen molar-refractivity contribution in [3.05, 3.63) is 77.8 Å². The average Bonchev–Trinajstić information content (AvgIpc) is 3.24. The summed E-state index contributed by atoms with van der Waals surface area (Å²) in [5.41, 5.74) is 1.51. The van der Waals surface area contributed by atoms with Gasteiger partial charge in [0, 0.05) is 48.6 Å². The standard InChI is InChI=1S/C23H25FN4O/c1-16(2)22-25-12-14-28(22)21-7-3-6-20(26-21)18-5-4-13-27(15-18)23(29)17-8-10-19(24)11-9-17/h3,6-12,14,16,18H,4-5,13,15H2,1-2H3. The second-order valence-electron chi connectivity index (χ2n) is 7.83. The number of halogens is 1. The summed E-state index contributed by atoms with van der Waals surface area (Å²) in [6.07, 6.45) is 5.65. The highest BCUT2D eigenvalue weighted by atomic mass is 19.1. The molecule has 1 atom stereocenters. The first kappa shape index (κ1) is 19.3. The van der Waals surface area contributed by atoms with Crippen LogP contribution in [0.25, 0.3) is 5.82 Å². The Kier molecular flexibility index (Phi) is 5.43. The number of hydrogen-bond donors (Lipinski definition) is 0. The van der Waals surface area contributed by atoms with Gasteiger partial charge in [0.2, 0.25) is 0 Å². The zero-order valence-corrected chi connectivity index (χ0v) is 16.8. The molecular weight excluding hydrogens is 367 g/mol. The summed E-state index contributed by atoms with van der Waals surface area (Å²) in [5.74, 6) is 1.92. The number of carbonyl (C=O) groups excluding carboxylic acids is 1. The molecule has 1 aliphatic heterocycles. The van der Waals surface area contributed by atoms with Gasteiger partial charge in [0.05, 0.1) is 0 Å². The van der Waals surface area contributed by atoms with Gasteiger partial charge in [0.25, 0.3) is 5.91 Å². The van der Waals surface area contributed by atoms with Gasteiger partial charge in [-0.25, -0.2) is 14.4 Å². The molecule has 0 aliphatic carbocycles. The zero-order chi connectivity index (χ0) is 20.4. The highest BCUT2D eigenvalue weighted by Gasteiger charge is 2.26. The van der Waals surface area contributed by atoms with Crippen LogP contribution in [0.15, 0.2) is 54.9 Å². The number of aromatic nitrogens is 3. The molecule has 4 rings (SSSR count). The topological polar surface area (TPSA) is 51.0 Å². The van der Waals surface area contributed by atoms with Crippen molar-refractivity contribution in [2.75, 3.05) is 13.1 Å². The van der Waals surface area contributed by atoms with E-state index in [2.05, 4.69) is 18.8 Å². The Morgan fingerprint density at radius 2 is 1.97 bits per heavy atom. The quantitative estimate of drug-likeness (QED) is 0.655. The lowest BCUT2D eigenvalue weighted by atomic mass is 9.93. The van der Waals surface area contributed by atoms with Crippen molar-refractivity contribution in [1.82, 2.24) is 19.4 Å². The molecule has 1 amide bonds. The van der Waals surface area contributed by atoms with Crippen LogP contribution >= 0.6 is 0 Å². The van der Waals surface area contributed by atoms with E-state index >= 15 is 0 Å². The number of imidazole rings is 1. The summed E-state index contributed by atoms with van der Waals surface area (Å²) < 4.78 is 15.2. The molecule has 1 saturated heterocycles. The fourth-order valence-electron chi connectivity index (χ4n) is 3.92. The third-order valence-corrected chi connectivity index (χ3v) is 5.41. The van der Waals surface area contributed by atoms with E-state index in [0.717, 1.165) is 30.2 Å². The second kappa shape index (κ2) is 8.15. The summed E-state index contributed by atoms with van der Waals surface area (Å²) in [6.45, 7) is 5.56. The lowest BCUT2D eigenvalue weighted by Gasteiger charge is -2.32. The second-order valence-corrected chi connectivity index (χ2v) is 7.83. The summed E-state index contributed by atoms with van der Waals surface area (Å²) >= 11 is 0. The van der Waals surface area contributed by atoms with E-state index in [-0.39, 0.29) is 17.6 Å². The van der Waals surface area contributed by atoms with Crippen LogP contribution in [0.1, 0.15) is 60.4 Å². The highest BCUT2D eigenvalue weighted by molar-refractivity contribution is 5.94. The molecule has 5 nitrogen and oxygen atoms in total. The first-order chi connectivity index (χ1) is 14.0. The molecule has 29 heavy (non-hydrogen) atoms. The van der Waals surface area contributed by atoms with Crippen LogP contribution in [0.2, 0.25) is 0 Å². The van der Waals surface area contributed by atoms with Gasteiger partial charge in [-0.15, -0.1) is 0 Å². The highest BCUT2D eigenvalue weighted by Crippen LogP contribution is 2.28. The van der Waals surface area contributed by atoms with Crippen molar-refractivity contribution in [1.29, 1.82) is 0 Å². The summed E-state index contributed by atoms with van der Waals surface area (Å²) in [7, 11) is 0. The molecule has 0 radical (unpaired) electrons. The van der Waals surface area contributed by atoms with Gasteiger partial charge in [0.15, 0.2) is 0 Å². The van der Waals surface area contributed by atoms with Crippen molar-refractivity contribution in [3.8, 4) is 5.82 Å². The van der Waals surface area contributed by atoms with E-state index in [9.17, 15) is 9.18 Å². The van der Waals surface area contributed by atoms with Crippen molar-refractivity contribution >= 4 is 5.91 Å². The van der Waals surface area contributed by atoms with Crippen molar-refractivity contribution in [3.63, 3.8) is 0 Å². The molecule has 0 bridgehead atoms. The van der Waals surface area contributed by atoms with Crippen LogP contribution in [0.5, 0.6) is 0 Å². The van der Waals surface area contributed by atoms with Crippen LogP contribution in [-0.2, 0) is 0 Å². The van der Waals surface area contributed by atoms with Crippen LogP contribution in [0, 0.1) is 5.82 Å². The Hall–Kier alpha value is -3.02. The SMILES string of the molecule is CC(C)c1nccn1-c1cccc(C2CCCN(C(=O)c3ccc(F)cc3)C2)n1. The molecule has 2 aromatic heterocycles. The zero-order valence-electron chi connectivity index (χ0n) is 16.8. The molecule has 0 spiro atoms. The molecule has 1 fully saturated rings. The maximum absolute atomic E-state index is 13.2. The number of rotatable bonds is 4. The van der Waals surface area contributed by atoms with E-state index in [1.54, 1.807) is 18.3 Å². The van der Waals surface area contributed by atoms with E-state index in [0.29, 0.717) is 24.6 Å². The molecular formula is C23H25FN4O. The lowest BCUT2D eigenvalue weighted by molar-refractivity contribution is 0.0706. The fourth-order valence-corrected chi connectivity index (χ4v) is 3.92. The smallest absolute Gasteiger partial charge is 0.253 e. The number of benzene rings is 1. The largest absolute Gasteiger partial charge is 0.338 e. The first-order valence-corrected chi connectivity index (χ1v) is 10.1. The van der Waals surface area contributed by atoms with E-state index < -0.39 is 0 Å². The number of carbonyl (C=O) groups is 1. The van der Waals surface area contributed by atoms with Gasteiger partial charge in [-0.05, 0) is 49.2 Å². The Bertz CT molecular complexity index is 996. The van der Waals surface area contributed by atoms with Crippen LogP contribution in [0.3, 0.4) is 0 Å². The van der Waals surface area contributed by atoms with Gasteiger partial charge < -0.3 is 4.90 Å². The minimum atomic E-state index is -0.334. The molecule has 3 heterocycles. The van der Waals surface area contributed by atoms with Crippen molar-refractivity contribution in [2.24, 2.45) is 0 Å². The van der Waals surface area contributed by atoms with Crippen LogP contribution in [-0.4, -0.2) is 38.4 Å². The molecule has 3 aromatic rings. The third kappa shape index (κ3) is 4.06. The molecule has 1 aliphatic rings. The Morgan fingerprint density at radius 1 is 1.17 bits per heavy atom. The van der Waals surface area contributed by atoms with E-state index in [1.807, 2.05) is 33.9 Å². The molecule has 1 unspecified atom stereocenters. The maximum atomic E-state index is 13.2. The Balaban J connectivity index is 1.55. The minimum absolute atomic E-state index is 0.0532. The van der Waals surface area contributed by atoms with Crippen molar-refractivity contribution < 1.29 is 9.18 Å². The lowest BCUT2D eigenvalue weighted by Crippen LogP contribution is -2.39. The molecule has 0 saturated carbocycles. The number of pyridine rings is 1. The molecule has 1 aromatic carbocycles. The van der Waals surface area contributed by atoms with E-state index in [4.69, 9.17) is 4.98 Å². The van der Waals surface area contributed by atoms with Gasteiger partial charge in [-0.1, -0.05) is 19.9 Å². The number of hydrogen-bond acceptors (Lipinski definition) is 3. The summed E-state index contributed by atoms with van der Waals surface area (Å²) in [6, 6.07) is 11.8. The Labute approximate surface area is 170 Å². The predicted molar refractivity (Wildman–Crippen MR) is 110 cm³/mol. The van der Waals surface area contributed by atoms with Gasteiger partial charge in [-0.2, -0.15) is 0 Å². The predicted octanol–water partition coefficient (Wildman–Crippen LogP) is 4.55. The maximum Gasteiger partial charge on any atom is 0.253 e.